The van der Waals surface area contributed by atoms with Crippen LogP contribution < -0.4 is 5.69 Å². The molecule has 64 valence electrons. The highest BCUT2D eigenvalue weighted by atomic mass is 16.1. The molecule has 0 amide bonds. The number of fused-ring (bicyclic) bond motifs is 1. The minimum atomic E-state index is 0.0868. The summed E-state index contributed by atoms with van der Waals surface area (Å²) >= 11 is 0. The molecule has 1 aromatic rings. The van der Waals surface area contributed by atoms with Crippen LogP contribution in [0.15, 0.2) is 16.9 Å². The normalized spacial score (nSPS) is 14.8. The number of aromatic nitrogens is 2. The van der Waals surface area contributed by atoms with E-state index in [2.05, 4.69) is 12.2 Å². The van der Waals surface area contributed by atoms with Crippen molar-refractivity contribution in [2.75, 3.05) is 0 Å². The van der Waals surface area contributed by atoms with Gasteiger partial charge in [-0.3, -0.25) is 9.13 Å². The van der Waals surface area contributed by atoms with Gasteiger partial charge in [-0.05, 0) is 0 Å². The maximum absolute atomic E-state index is 11.5. The van der Waals surface area contributed by atoms with Gasteiger partial charge in [-0.25, -0.2) is 4.79 Å². The molecule has 1 aromatic heterocycles. The van der Waals surface area contributed by atoms with E-state index in [9.17, 15) is 4.79 Å². The second-order valence-electron chi connectivity index (χ2n) is 3.17. The monoisotopic (exact) mass is 164 g/mol. The third-order valence-corrected chi connectivity index (χ3v) is 2.51. The summed E-state index contributed by atoms with van der Waals surface area (Å²) in [5.41, 5.74) is 2.40. The fourth-order valence-electron chi connectivity index (χ4n) is 1.74. The first-order valence-electron chi connectivity index (χ1n) is 4.10. The molecule has 1 aliphatic rings. The molecule has 1 aliphatic carbocycles. The van der Waals surface area contributed by atoms with E-state index in [-0.39, 0.29) is 5.69 Å². The van der Waals surface area contributed by atoms with Crippen molar-refractivity contribution >= 4 is 0 Å². The van der Waals surface area contributed by atoms with Crippen LogP contribution in [0.3, 0.4) is 0 Å². The highest BCUT2D eigenvalue weighted by Gasteiger charge is 2.14. The van der Waals surface area contributed by atoms with E-state index in [1.54, 1.807) is 9.13 Å². The number of allylic oxidation sites excluding steroid dienone is 2. The highest BCUT2D eigenvalue weighted by molar-refractivity contribution is 5.24. The topological polar surface area (TPSA) is 26.9 Å². The molecule has 0 spiro atoms. The summed E-state index contributed by atoms with van der Waals surface area (Å²) in [6.45, 7) is 0. The van der Waals surface area contributed by atoms with Gasteiger partial charge in [0.1, 0.15) is 0 Å². The molecule has 0 unspecified atom stereocenters. The Hall–Kier alpha value is -1.25. The SMILES string of the molecule is Cn1c2c(n(C)c1=O)CC=CC2. The van der Waals surface area contributed by atoms with Crippen LogP contribution >= 0.6 is 0 Å². The number of hydrogen-bond donors (Lipinski definition) is 0. The minimum absolute atomic E-state index is 0.0868. The van der Waals surface area contributed by atoms with Crippen molar-refractivity contribution in [3.05, 3.63) is 34.0 Å². The van der Waals surface area contributed by atoms with E-state index in [0.717, 1.165) is 24.2 Å². The quantitative estimate of drug-likeness (QED) is 0.509. The second kappa shape index (κ2) is 2.37. The molecule has 0 fully saturated rings. The van der Waals surface area contributed by atoms with Crippen molar-refractivity contribution in [2.45, 2.75) is 12.8 Å². The minimum Gasteiger partial charge on any atom is -0.299 e. The van der Waals surface area contributed by atoms with Gasteiger partial charge in [0.25, 0.3) is 0 Å². The molecule has 0 aromatic carbocycles. The first-order valence-corrected chi connectivity index (χ1v) is 4.10. The van der Waals surface area contributed by atoms with Crippen LogP contribution in [0.1, 0.15) is 11.4 Å². The Morgan fingerprint density at radius 2 is 1.50 bits per heavy atom. The second-order valence-corrected chi connectivity index (χ2v) is 3.17. The van der Waals surface area contributed by atoms with E-state index in [4.69, 9.17) is 0 Å². The number of hydrogen-bond acceptors (Lipinski definition) is 1. The van der Waals surface area contributed by atoms with Gasteiger partial charge in [-0.2, -0.15) is 0 Å². The fraction of sp³-hybridized carbons (Fsp3) is 0.444. The number of imidazole rings is 1. The smallest absolute Gasteiger partial charge is 0.299 e. The zero-order valence-electron chi connectivity index (χ0n) is 7.37. The third-order valence-electron chi connectivity index (χ3n) is 2.51. The van der Waals surface area contributed by atoms with Gasteiger partial charge in [-0.1, -0.05) is 12.2 Å². The lowest BCUT2D eigenvalue weighted by Crippen LogP contribution is -2.20. The number of rotatable bonds is 0. The van der Waals surface area contributed by atoms with E-state index >= 15 is 0 Å². The number of nitrogens with zero attached hydrogens (tertiary/aromatic N) is 2. The first-order chi connectivity index (χ1) is 5.72. The zero-order chi connectivity index (χ0) is 8.72. The van der Waals surface area contributed by atoms with Crippen LogP contribution in [-0.2, 0) is 26.9 Å². The summed E-state index contributed by atoms with van der Waals surface area (Å²) < 4.78 is 3.47. The standard InChI is InChI=1S/C9H12N2O/c1-10-7-5-3-4-6-8(7)11(2)9(10)12/h3-4H,5-6H2,1-2H3. The van der Waals surface area contributed by atoms with Gasteiger partial charge in [0.2, 0.25) is 0 Å². The lowest BCUT2D eigenvalue weighted by atomic mass is 10.1. The Bertz CT molecular complexity index is 361. The zero-order valence-corrected chi connectivity index (χ0v) is 7.37. The van der Waals surface area contributed by atoms with E-state index in [1.807, 2.05) is 14.1 Å². The molecule has 12 heavy (non-hydrogen) atoms. The molecule has 0 aliphatic heterocycles. The van der Waals surface area contributed by atoms with Crippen LogP contribution in [0, 0.1) is 0 Å². The average molecular weight is 164 g/mol. The Balaban J connectivity index is 2.72. The Morgan fingerprint density at radius 3 is 1.92 bits per heavy atom. The lowest BCUT2D eigenvalue weighted by Gasteiger charge is -2.06. The average Bonchev–Trinajstić information content (AvgIpc) is 2.33. The van der Waals surface area contributed by atoms with Crippen molar-refractivity contribution in [1.82, 2.24) is 9.13 Å². The van der Waals surface area contributed by atoms with Crippen molar-refractivity contribution in [2.24, 2.45) is 14.1 Å². The molecule has 3 nitrogen and oxygen atoms in total. The van der Waals surface area contributed by atoms with Crippen LogP contribution in [0.2, 0.25) is 0 Å². The van der Waals surface area contributed by atoms with Crippen molar-refractivity contribution in [3.63, 3.8) is 0 Å². The molecule has 1 heterocycles. The van der Waals surface area contributed by atoms with Gasteiger partial charge in [-0.15, -0.1) is 0 Å². The van der Waals surface area contributed by atoms with Crippen molar-refractivity contribution in [1.29, 1.82) is 0 Å². The molecule has 2 rings (SSSR count). The Labute approximate surface area is 70.9 Å². The van der Waals surface area contributed by atoms with Crippen LogP contribution in [0.4, 0.5) is 0 Å². The molecule has 0 radical (unpaired) electrons. The van der Waals surface area contributed by atoms with Crippen LogP contribution in [0.25, 0.3) is 0 Å². The molecule has 0 atom stereocenters. The van der Waals surface area contributed by atoms with Crippen LogP contribution in [-0.4, -0.2) is 9.13 Å². The molecule has 0 saturated heterocycles. The third kappa shape index (κ3) is 0.793. The molecule has 3 heteroatoms. The largest absolute Gasteiger partial charge is 0.328 e. The van der Waals surface area contributed by atoms with Crippen molar-refractivity contribution < 1.29 is 0 Å². The van der Waals surface area contributed by atoms with Crippen molar-refractivity contribution in [3.8, 4) is 0 Å². The molecule has 0 bridgehead atoms. The summed E-state index contributed by atoms with van der Waals surface area (Å²) in [7, 11) is 3.67. The Morgan fingerprint density at radius 1 is 1.08 bits per heavy atom. The predicted octanol–water partition coefficient (Wildman–Crippen LogP) is 0.379. The molecular formula is C9H12N2O. The van der Waals surface area contributed by atoms with Gasteiger partial charge in [0.05, 0.1) is 0 Å². The highest BCUT2D eigenvalue weighted by Crippen LogP contribution is 2.13. The maximum Gasteiger partial charge on any atom is 0.328 e. The summed E-state index contributed by atoms with van der Waals surface area (Å²) in [4.78, 5) is 11.5. The predicted molar refractivity (Wildman–Crippen MR) is 47.2 cm³/mol. The summed E-state index contributed by atoms with van der Waals surface area (Å²) in [5.74, 6) is 0. The molecular weight excluding hydrogens is 152 g/mol. The summed E-state index contributed by atoms with van der Waals surface area (Å²) in [6.07, 6.45) is 6.01. The van der Waals surface area contributed by atoms with Gasteiger partial charge >= 0.3 is 5.69 Å². The lowest BCUT2D eigenvalue weighted by molar-refractivity contribution is 0.755. The Kier molecular flexibility index (Phi) is 1.46. The fourth-order valence-corrected chi connectivity index (χ4v) is 1.74. The van der Waals surface area contributed by atoms with E-state index in [0.29, 0.717) is 0 Å². The van der Waals surface area contributed by atoms with Gasteiger partial charge in [0, 0.05) is 38.3 Å². The molecule has 0 saturated carbocycles. The summed E-state index contributed by atoms with van der Waals surface area (Å²) in [5, 5.41) is 0. The van der Waals surface area contributed by atoms with Crippen LogP contribution in [0.5, 0.6) is 0 Å². The van der Waals surface area contributed by atoms with E-state index in [1.165, 1.54) is 0 Å². The maximum atomic E-state index is 11.5. The molecule has 0 N–H and O–H groups in total. The van der Waals surface area contributed by atoms with E-state index < -0.39 is 0 Å². The van der Waals surface area contributed by atoms with Gasteiger partial charge < -0.3 is 0 Å². The summed E-state index contributed by atoms with van der Waals surface area (Å²) in [6, 6.07) is 0. The van der Waals surface area contributed by atoms with Gasteiger partial charge in [0.15, 0.2) is 0 Å². The first kappa shape index (κ1) is 7.40.